The van der Waals surface area contributed by atoms with Gasteiger partial charge in [0.15, 0.2) is 0 Å². The Kier molecular flexibility index (Phi) is 4.16. The highest BCUT2D eigenvalue weighted by Crippen LogP contribution is 2.31. The van der Waals surface area contributed by atoms with Crippen molar-refractivity contribution < 1.29 is 4.79 Å². The summed E-state index contributed by atoms with van der Waals surface area (Å²) >= 11 is 0. The van der Waals surface area contributed by atoms with Crippen molar-refractivity contribution in [2.75, 3.05) is 26.7 Å². The van der Waals surface area contributed by atoms with E-state index in [4.69, 9.17) is 5.73 Å². The lowest BCUT2D eigenvalue weighted by Crippen LogP contribution is -2.63. The highest BCUT2D eigenvalue weighted by Gasteiger charge is 2.43. The van der Waals surface area contributed by atoms with Crippen LogP contribution in [0.1, 0.15) is 31.0 Å². The Hall–Kier alpha value is -1.39. The summed E-state index contributed by atoms with van der Waals surface area (Å²) in [4.78, 5) is 16.5. The molecule has 0 aliphatic carbocycles. The first-order chi connectivity index (χ1) is 9.37. The average molecular weight is 275 g/mol. The van der Waals surface area contributed by atoms with Crippen molar-refractivity contribution in [1.29, 1.82) is 0 Å². The first-order valence-corrected chi connectivity index (χ1v) is 7.17. The maximum absolute atomic E-state index is 12.4. The maximum atomic E-state index is 12.4. The number of carbonyl (C=O) groups excluding carboxylic acids is 1. The fourth-order valence-electron chi connectivity index (χ4n) is 3.09. The smallest absolute Gasteiger partial charge is 0.242 e. The van der Waals surface area contributed by atoms with Gasteiger partial charge >= 0.3 is 0 Å². The van der Waals surface area contributed by atoms with Gasteiger partial charge in [0.2, 0.25) is 5.91 Å². The van der Waals surface area contributed by atoms with Gasteiger partial charge in [0.05, 0.1) is 5.54 Å². The lowest BCUT2D eigenvalue weighted by molar-refractivity contribution is -0.149. The number of aryl methyl sites for hydroxylation is 1. The van der Waals surface area contributed by atoms with Crippen molar-refractivity contribution in [3.05, 3.63) is 35.4 Å². The summed E-state index contributed by atoms with van der Waals surface area (Å²) in [5.41, 5.74) is 7.92. The predicted molar refractivity (Wildman–Crippen MR) is 81.4 cm³/mol. The average Bonchev–Trinajstić information content (AvgIpc) is 2.40. The third-order valence-electron chi connectivity index (χ3n) is 4.29. The number of amides is 1. The molecule has 1 aliphatic heterocycles. The Morgan fingerprint density at radius 1 is 1.35 bits per heavy atom. The molecule has 1 saturated heterocycles. The second kappa shape index (κ2) is 5.54. The Bertz CT molecular complexity index is 498. The number of benzene rings is 1. The van der Waals surface area contributed by atoms with Crippen LogP contribution in [0.4, 0.5) is 0 Å². The van der Waals surface area contributed by atoms with Crippen molar-refractivity contribution in [2.24, 2.45) is 5.73 Å². The second-order valence-electron chi connectivity index (χ2n) is 6.14. The number of rotatable bonds is 3. The fraction of sp³-hybridized carbons (Fsp3) is 0.562. The van der Waals surface area contributed by atoms with Crippen LogP contribution in [0.5, 0.6) is 0 Å². The van der Waals surface area contributed by atoms with Crippen molar-refractivity contribution >= 4 is 5.91 Å². The number of hydrogen-bond donors (Lipinski definition) is 1. The highest BCUT2D eigenvalue weighted by molar-refractivity contribution is 5.86. The van der Waals surface area contributed by atoms with E-state index in [1.54, 1.807) is 4.90 Å². The quantitative estimate of drug-likeness (QED) is 0.910. The van der Waals surface area contributed by atoms with E-state index in [2.05, 4.69) is 36.1 Å². The van der Waals surface area contributed by atoms with Crippen LogP contribution in [-0.2, 0) is 4.79 Å². The fourth-order valence-corrected chi connectivity index (χ4v) is 3.09. The molecule has 4 heteroatoms. The molecule has 1 fully saturated rings. The maximum Gasteiger partial charge on any atom is 0.242 e. The van der Waals surface area contributed by atoms with Crippen molar-refractivity contribution in [1.82, 2.24) is 9.80 Å². The number of hydrogen-bond acceptors (Lipinski definition) is 3. The third-order valence-corrected chi connectivity index (χ3v) is 4.29. The molecule has 1 aromatic rings. The van der Waals surface area contributed by atoms with Gasteiger partial charge in [0.1, 0.15) is 0 Å². The Morgan fingerprint density at radius 3 is 2.65 bits per heavy atom. The zero-order valence-corrected chi connectivity index (χ0v) is 12.9. The summed E-state index contributed by atoms with van der Waals surface area (Å²) in [5, 5.41) is 0. The van der Waals surface area contributed by atoms with Crippen LogP contribution in [0, 0.1) is 6.92 Å². The summed E-state index contributed by atoms with van der Waals surface area (Å²) in [6.07, 6.45) is 0. The van der Waals surface area contributed by atoms with Crippen molar-refractivity contribution in [3.63, 3.8) is 0 Å². The van der Waals surface area contributed by atoms with E-state index in [0.29, 0.717) is 6.54 Å². The molecule has 20 heavy (non-hydrogen) atoms. The van der Waals surface area contributed by atoms with E-state index >= 15 is 0 Å². The molecule has 2 N–H and O–H groups in total. The summed E-state index contributed by atoms with van der Waals surface area (Å²) in [5.74, 6) is 0.162. The molecule has 2 rings (SSSR count). The molecule has 0 aromatic heterocycles. The molecule has 1 aliphatic rings. The minimum atomic E-state index is -0.513. The molecule has 1 atom stereocenters. The predicted octanol–water partition coefficient (Wildman–Crippen LogP) is 1.55. The molecule has 0 bridgehead atoms. The first-order valence-electron chi connectivity index (χ1n) is 7.17. The van der Waals surface area contributed by atoms with Crippen LogP contribution < -0.4 is 5.73 Å². The van der Waals surface area contributed by atoms with Gasteiger partial charge in [-0.2, -0.15) is 0 Å². The Morgan fingerprint density at radius 2 is 2.05 bits per heavy atom. The minimum Gasteiger partial charge on any atom is -0.343 e. The van der Waals surface area contributed by atoms with Crippen LogP contribution in [0.25, 0.3) is 0 Å². The molecule has 1 heterocycles. The van der Waals surface area contributed by atoms with Gasteiger partial charge in [-0.25, -0.2) is 0 Å². The van der Waals surface area contributed by atoms with Gasteiger partial charge in [-0.05, 0) is 26.3 Å². The van der Waals surface area contributed by atoms with Crippen LogP contribution >= 0.6 is 0 Å². The molecule has 0 radical (unpaired) electrons. The van der Waals surface area contributed by atoms with E-state index < -0.39 is 5.54 Å². The second-order valence-corrected chi connectivity index (χ2v) is 6.14. The SMILES string of the molecule is Cc1cccc(C(CN)N2CCN(C)C(=O)C2(C)C)c1. The standard InChI is InChI=1S/C16H25N3O/c1-12-6-5-7-13(10-12)14(11-17)19-9-8-18(4)15(20)16(19,2)3/h5-7,10,14H,8-9,11,17H2,1-4H3. The van der Waals surface area contributed by atoms with Crippen LogP contribution in [0.3, 0.4) is 0 Å². The number of carbonyl (C=O) groups is 1. The molecule has 1 amide bonds. The lowest BCUT2D eigenvalue weighted by atomic mass is 9.92. The van der Waals surface area contributed by atoms with Gasteiger partial charge < -0.3 is 10.6 Å². The van der Waals surface area contributed by atoms with E-state index in [0.717, 1.165) is 13.1 Å². The molecule has 1 unspecified atom stereocenters. The Labute approximate surface area is 121 Å². The largest absolute Gasteiger partial charge is 0.343 e. The zero-order valence-electron chi connectivity index (χ0n) is 12.9. The summed E-state index contributed by atoms with van der Waals surface area (Å²) in [6, 6.07) is 8.48. The normalized spacial score (nSPS) is 21.1. The van der Waals surface area contributed by atoms with Crippen LogP contribution in [0.15, 0.2) is 24.3 Å². The van der Waals surface area contributed by atoms with Crippen molar-refractivity contribution in [3.8, 4) is 0 Å². The summed E-state index contributed by atoms with van der Waals surface area (Å²) in [7, 11) is 1.87. The number of likely N-dealkylation sites (N-methyl/N-ethyl adjacent to an activating group) is 1. The van der Waals surface area contributed by atoms with Gasteiger partial charge in [0, 0.05) is 32.7 Å². The molecular formula is C16H25N3O. The van der Waals surface area contributed by atoms with E-state index in [1.165, 1.54) is 11.1 Å². The van der Waals surface area contributed by atoms with E-state index in [1.807, 2.05) is 20.9 Å². The lowest BCUT2D eigenvalue weighted by Gasteiger charge is -2.48. The van der Waals surface area contributed by atoms with Gasteiger partial charge in [-0.15, -0.1) is 0 Å². The number of piperazine rings is 1. The molecule has 0 spiro atoms. The summed E-state index contributed by atoms with van der Waals surface area (Å²) in [6.45, 7) is 8.18. The number of nitrogens with two attached hydrogens (primary N) is 1. The van der Waals surface area contributed by atoms with Crippen molar-refractivity contribution in [2.45, 2.75) is 32.4 Å². The molecular weight excluding hydrogens is 250 g/mol. The Balaban J connectivity index is 2.34. The third kappa shape index (κ3) is 2.58. The zero-order chi connectivity index (χ0) is 14.9. The van der Waals surface area contributed by atoms with E-state index in [-0.39, 0.29) is 11.9 Å². The highest BCUT2D eigenvalue weighted by atomic mass is 16.2. The number of nitrogens with zero attached hydrogens (tertiary/aromatic N) is 2. The van der Waals surface area contributed by atoms with Gasteiger partial charge in [0.25, 0.3) is 0 Å². The van der Waals surface area contributed by atoms with Crippen LogP contribution in [0.2, 0.25) is 0 Å². The molecule has 4 nitrogen and oxygen atoms in total. The minimum absolute atomic E-state index is 0.0857. The molecule has 1 aromatic carbocycles. The van der Waals surface area contributed by atoms with Gasteiger partial charge in [-0.3, -0.25) is 9.69 Å². The van der Waals surface area contributed by atoms with E-state index in [9.17, 15) is 4.79 Å². The van der Waals surface area contributed by atoms with Crippen LogP contribution in [-0.4, -0.2) is 47.9 Å². The summed E-state index contributed by atoms with van der Waals surface area (Å²) < 4.78 is 0. The molecule has 110 valence electrons. The topological polar surface area (TPSA) is 49.6 Å². The monoisotopic (exact) mass is 275 g/mol. The first kappa shape index (κ1) is 15.0. The van der Waals surface area contributed by atoms with Gasteiger partial charge in [-0.1, -0.05) is 29.8 Å². The molecule has 0 saturated carbocycles.